The van der Waals surface area contributed by atoms with Gasteiger partial charge >= 0.3 is 5.97 Å². The summed E-state index contributed by atoms with van der Waals surface area (Å²) in [6.07, 6.45) is 1.51. The fourth-order valence-corrected chi connectivity index (χ4v) is 1.47. The molecule has 0 saturated heterocycles. The predicted octanol–water partition coefficient (Wildman–Crippen LogP) is 1.82. The highest BCUT2D eigenvalue weighted by molar-refractivity contribution is 6.04. The number of ether oxygens (including phenoxy) is 2. The molecule has 0 amide bonds. The molecule has 5 heteroatoms. The van der Waals surface area contributed by atoms with E-state index >= 15 is 0 Å². The molecule has 2 N–H and O–H groups in total. The molecule has 0 spiro atoms. The van der Waals surface area contributed by atoms with E-state index in [2.05, 4.69) is 11.3 Å². The van der Waals surface area contributed by atoms with Crippen LogP contribution in [0, 0.1) is 0 Å². The van der Waals surface area contributed by atoms with Crippen LogP contribution in [0.4, 0.5) is 5.69 Å². The van der Waals surface area contributed by atoms with Crippen molar-refractivity contribution in [2.75, 3.05) is 19.5 Å². The largest absolute Gasteiger partial charge is 0.486 e. The Morgan fingerprint density at radius 2 is 2.00 bits per heavy atom. The van der Waals surface area contributed by atoms with Crippen molar-refractivity contribution < 1.29 is 19.1 Å². The van der Waals surface area contributed by atoms with Gasteiger partial charge in [-0.05, 0) is 19.1 Å². The van der Waals surface area contributed by atoms with Crippen LogP contribution in [0.15, 0.2) is 24.8 Å². The number of hydrogen-bond donors (Lipinski definition) is 1. The fourth-order valence-electron chi connectivity index (χ4n) is 1.47. The van der Waals surface area contributed by atoms with Crippen LogP contribution in [0.2, 0.25) is 0 Å². The number of carbonyl (C=O) groups excluding carboxylic acids is 2. The van der Waals surface area contributed by atoms with Gasteiger partial charge in [0.2, 0.25) is 0 Å². The molecule has 0 aliphatic rings. The van der Waals surface area contributed by atoms with Crippen LogP contribution in [0.3, 0.4) is 0 Å². The normalized spacial score (nSPS) is 9.67. The highest BCUT2D eigenvalue weighted by atomic mass is 16.5. The van der Waals surface area contributed by atoms with Gasteiger partial charge in [-0.3, -0.25) is 4.79 Å². The van der Waals surface area contributed by atoms with Crippen LogP contribution in [-0.4, -0.2) is 25.5 Å². The first-order valence-electron chi connectivity index (χ1n) is 5.28. The SMILES string of the molecule is C=CCOc1c(C(=O)OC)ccc(C(C)=O)c1N. The molecule has 5 nitrogen and oxygen atoms in total. The number of anilines is 1. The molecule has 0 radical (unpaired) electrons. The first kappa shape index (κ1) is 13.8. The minimum Gasteiger partial charge on any atom is -0.486 e. The Hall–Kier alpha value is -2.30. The lowest BCUT2D eigenvalue weighted by atomic mass is 10.0. The van der Waals surface area contributed by atoms with Gasteiger partial charge in [-0.25, -0.2) is 4.79 Å². The first-order valence-corrected chi connectivity index (χ1v) is 5.28. The van der Waals surface area contributed by atoms with Crippen LogP contribution in [0.5, 0.6) is 5.75 Å². The topological polar surface area (TPSA) is 78.6 Å². The maximum absolute atomic E-state index is 11.6. The van der Waals surface area contributed by atoms with E-state index < -0.39 is 5.97 Å². The molecule has 1 aromatic rings. The molecule has 0 heterocycles. The Morgan fingerprint density at radius 3 is 2.50 bits per heavy atom. The third-order valence-electron chi connectivity index (χ3n) is 2.33. The van der Waals surface area contributed by atoms with Gasteiger partial charge in [0.1, 0.15) is 12.2 Å². The summed E-state index contributed by atoms with van der Waals surface area (Å²) in [5.41, 5.74) is 6.45. The van der Waals surface area contributed by atoms with Gasteiger partial charge in [-0.2, -0.15) is 0 Å². The smallest absolute Gasteiger partial charge is 0.341 e. The van der Waals surface area contributed by atoms with E-state index in [1.165, 1.54) is 32.2 Å². The maximum atomic E-state index is 11.6. The molecule has 1 rings (SSSR count). The van der Waals surface area contributed by atoms with Crippen LogP contribution < -0.4 is 10.5 Å². The first-order chi connectivity index (χ1) is 8.52. The van der Waals surface area contributed by atoms with Crippen molar-refractivity contribution in [2.45, 2.75) is 6.92 Å². The summed E-state index contributed by atoms with van der Waals surface area (Å²) in [6, 6.07) is 2.93. The van der Waals surface area contributed by atoms with Crippen molar-refractivity contribution >= 4 is 17.4 Å². The molecular weight excluding hydrogens is 234 g/mol. The van der Waals surface area contributed by atoms with Crippen LogP contribution in [-0.2, 0) is 4.74 Å². The molecule has 0 aliphatic heterocycles. The zero-order valence-corrected chi connectivity index (χ0v) is 10.4. The van der Waals surface area contributed by atoms with Gasteiger partial charge in [0.15, 0.2) is 11.5 Å². The lowest BCUT2D eigenvalue weighted by molar-refractivity contribution is 0.0596. The van der Waals surface area contributed by atoms with Crippen molar-refractivity contribution in [3.63, 3.8) is 0 Å². The molecule has 0 aromatic heterocycles. The minimum absolute atomic E-state index is 0.132. The van der Waals surface area contributed by atoms with Crippen molar-refractivity contribution in [3.05, 3.63) is 35.9 Å². The number of Topliss-reactive ketones (excluding diaryl/α,β-unsaturated/α-hetero) is 1. The van der Waals surface area contributed by atoms with E-state index in [1.807, 2.05) is 0 Å². The van der Waals surface area contributed by atoms with Gasteiger partial charge in [-0.1, -0.05) is 12.7 Å². The molecule has 0 atom stereocenters. The zero-order valence-electron chi connectivity index (χ0n) is 10.4. The van der Waals surface area contributed by atoms with E-state index in [1.54, 1.807) is 0 Å². The lowest BCUT2D eigenvalue weighted by Crippen LogP contribution is -2.11. The standard InChI is InChI=1S/C13H15NO4/c1-4-7-18-12-10(13(16)17-3)6-5-9(8(2)15)11(12)14/h4-6H,1,7,14H2,2-3H3. The van der Waals surface area contributed by atoms with Gasteiger partial charge in [-0.15, -0.1) is 0 Å². The van der Waals surface area contributed by atoms with Gasteiger partial charge in [0, 0.05) is 5.56 Å². The van der Waals surface area contributed by atoms with Gasteiger partial charge in [0.05, 0.1) is 12.8 Å². The van der Waals surface area contributed by atoms with Crippen LogP contribution in [0.25, 0.3) is 0 Å². The molecule has 96 valence electrons. The van der Waals surface area contributed by atoms with Crippen molar-refractivity contribution in [2.24, 2.45) is 0 Å². The summed E-state index contributed by atoms with van der Waals surface area (Å²) in [4.78, 5) is 22.9. The molecular formula is C13H15NO4. The molecule has 18 heavy (non-hydrogen) atoms. The molecule has 0 bridgehead atoms. The average molecular weight is 249 g/mol. The number of benzene rings is 1. The highest BCUT2D eigenvalue weighted by Crippen LogP contribution is 2.31. The van der Waals surface area contributed by atoms with E-state index in [0.717, 1.165) is 0 Å². The van der Waals surface area contributed by atoms with Crippen LogP contribution in [0.1, 0.15) is 27.6 Å². The van der Waals surface area contributed by atoms with Crippen molar-refractivity contribution in [1.29, 1.82) is 0 Å². The summed E-state index contributed by atoms with van der Waals surface area (Å²) >= 11 is 0. The molecule has 0 unspecified atom stereocenters. The number of carbonyl (C=O) groups is 2. The lowest BCUT2D eigenvalue weighted by Gasteiger charge is -2.13. The Bertz CT molecular complexity index is 494. The summed E-state index contributed by atoms with van der Waals surface area (Å²) in [6.45, 7) is 5.07. The van der Waals surface area contributed by atoms with Crippen LogP contribution >= 0.6 is 0 Å². The fraction of sp³-hybridized carbons (Fsp3) is 0.231. The summed E-state index contributed by atoms with van der Waals surface area (Å²) in [7, 11) is 1.26. The maximum Gasteiger partial charge on any atom is 0.341 e. The zero-order chi connectivity index (χ0) is 13.7. The number of esters is 1. The van der Waals surface area contributed by atoms with E-state index in [4.69, 9.17) is 10.5 Å². The number of nitrogen functional groups attached to an aromatic ring is 1. The highest BCUT2D eigenvalue weighted by Gasteiger charge is 2.19. The Labute approximate surface area is 105 Å². The quantitative estimate of drug-likeness (QED) is 0.372. The second kappa shape index (κ2) is 5.86. The Morgan fingerprint density at radius 1 is 1.39 bits per heavy atom. The summed E-state index contributed by atoms with van der Waals surface area (Å²) in [5, 5.41) is 0. The van der Waals surface area contributed by atoms with E-state index in [-0.39, 0.29) is 29.4 Å². The summed E-state index contributed by atoms with van der Waals surface area (Å²) < 4.78 is 9.96. The second-order valence-corrected chi connectivity index (χ2v) is 3.55. The molecule has 0 saturated carbocycles. The van der Waals surface area contributed by atoms with Crippen molar-refractivity contribution in [1.82, 2.24) is 0 Å². The number of nitrogens with two attached hydrogens (primary N) is 1. The number of hydrogen-bond acceptors (Lipinski definition) is 5. The van der Waals surface area contributed by atoms with Gasteiger partial charge < -0.3 is 15.2 Å². The van der Waals surface area contributed by atoms with Crippen molar-refractivity contribution in [3.8, 4) is 5.75 Å². The average Bonchev–Trinajstić information content (AvgIpc) is 2.35. The third kappa shape index (κ3) is 2.68. The number of methoxy groups -OCH3 is 1. The third-order valence-corrected chi connectivity index (χ3v) is 2.33. The van der Waals surface area contributed by atoms with E-state index in [9.17, 15) is 9.59 Å². The molecule has 1 aromatic carbocycles. The number of rotatable bonds is 5. The monoisotopic (exact) mass is 249 g/mol. The van der Waals surface area contributed by atoms with E-state index in [0.29, 0.717) is 5.56 Å². The summed E-state index contributed by atoms with van der Waals surface area (Å²) in [5.74, 6) is -0.627. The Balaban J connectivity index is 3.35. The Kier molecular flexibility index (Phi) is 4.48. The van der Waals surface area contributed by atoms with Gasteiger partial charge in [0.25, 0.3) is 0 Å². The molecule has 0 fully saturated rings. The number of ketones is 1. The second-order valence-electron chi connectivity index (χ2n) is 3.55. The molecule has 0 aliphatic carbocycles. The predicted molar refractivity (Wildman–Crippen MR) is 67.9 cm³/mol. The minimum atomic E-state index is -0.573.